The molecule has 1 aliphatic heterocycles. The number of ether oxygens (including phenoxy) is 1. The lowest BCUT2D eigenvalue weighted by atomic mass is 10.0. The molecule has 0 fully saturated rings. The maximum absolute atomic E-state index is 6.47. The van der Waals surface area contributed by atoms with E-state index in [-0.39, 0.29) is 0 Å². The molecule has 0 amide bonds. The van der Waals surface area contributed by atoms with Crippen molar-refractivity contribution >= 4 is 44.5 Å². The number of halogens is 2. The predicted octanol–water partition coefficient (Wildman–Crippen LogP) is 5.75. The van der Waals surface area contributed by atoms with Crippen LogP contribution in [0.5, 0.6) is 5.75 Å². The Morgan fingerprint density at radius 3 is 2.89 bits per heavy atom. The van der Waals surface area contributed by atoms with Crippen molar-refractivity contribution in [2.24, 2.45) is 4.99 Å². The summed E-state index contributed by atoms with van der Waals surface area (Å²) in [6.07, 6.45) is 6.46. The molecule has 2 aromatic heterocycles. The van der Waals surface area contributed by atoms with Crippen LogP contribution in [0.2, 0.25) is 5.02 Å². The zero-order chi connectivity index (χ0) is 19.2. The molecule has 0 spiro atoms. The highest BCUT2D eigenvalue weighted by Crippen LogP contribution is 2.39. The number of aryl methyl sites for hydroxylation is 1. The highest BCUT2D eigenvalue weighted by molar-refractivity contribution is 9.10. The number of imidazole rings is 1. The van der Waals surface area contributed by atoms with Gasteiger partial charge >= 0.3 is 0 Å². The molecule has 3 heterocycles. The summed E-state index contributed by atoms with van der Waals surface area (Å²) >= 11 is 9.99. The van der Waals surface area contributed by atoms with Crippen LogP contribution in [0.15, 0.2) is 40.2 Å². The molecule has 140 valence electrons. The maximum atomic E-state index is 6.47. The van der Waals surface area contributed by atoms with Gasteiger partial charge in [-0.25, -0.2) is 15.0 Å². The van der Waals surface area contributed by atoms with Gasteiger partial charge in [0.25, 0.3) is 0 Å². The van der Waals surface area contributed by atoms with Gasteiger partial charge in [-0.15, -0.1) is 0 Å². The Bertz CT molecular complexity index is 1060. The monoisotopic (exact) mass is 446 g/mol. The summed E-state index contributed by atoms with van der Waals surface area (Å²) in [6.45, 7) is 6.18. The Kier molecular flexibility index (Phi) is 4.72. The normalized spacial score (nSPS) is 18.9. The molecule has 1 atom stereocenters. The van der Waals surface area contributed by atoms with E-state index in [9.17, 15) is 0 Å². The number of unbranched alkanes of at least 4 members (excludes halogenated alkanes) is 1. The van der Waals surface area contributed by atoms with Gasteiger partial charge in [-0.1, -0.05) is 31.0 Å². The second kappa shape index (κ2) is 6.91. The molecule has 0 saturated carbocycles. The van der Waals surface area contributed by atoms with Crippen molar-refractivity contribution in [2.45, 2.75) is 45.8 Å². The molecule has 4 rings (SSSR count). The molecule has 0 radical (unpaired) electrons. The lowest BCUT2D eigenvalue weighted by molar-refractivity contribution is 0.0816. The van der Waals surface area contributed by atoms with E-state index in [4.69, 9.17) is 21.3 Å². The van der Waals surface area contributed by atoms with E-state index in [1.54, 1.807) is 12.5 Å². The minimum absolute atomic E-state index is 0.582. The van der Waals surface area contributed by atoms with Gasteiger partial charge in [-0.05, 0) is 53.9 Å². The van der Waals surface area contributed by atoms with Crippen molar-refractivity contribution in [3.8, 4) is 5.75 Å². The van der Waals surface area contributed by atoms with Crippen molar-refractivity contribution in [1.82, 2.24) is 14.5 Å². The summed E-state index contributed by atoms with van der Waals surface area (Å²) in [5, 5.41) is 0.582. The van der Waals surface area contributed by atoms with Gasteiger partial charge < -0.3 is 4.74 Å². The van der Waals surface area contributed by atoms with Crippen molar-refractivity contribution in [2.75, 3.05) is 0 Å². The predicted molar refractivity (Wildman–Crippen MR) is 112 cm³/mol. The molecule has 0 saturated heterocycles. The molecule has 5 nitrogen and oxygen atoms in total. The smallest absolute Gasteiger partial charge is 0.199 e. The number of rotatable bonds is 3. The first-order valence-electron chi connectivity index (χ1n) is 9.00. The minimum atomic E-state index is -0.676. The van der Waals surface area contributed by atoms with Crippen molar-refractivity contribution < 1.29 is 4.74 Å². The van der Waals surface area contributed by atoms with Crippen LogP contribution in [0.4, 0.5) is 0 Å². The summed E-state index contributed by atoms with van der Waals surface area (Å²) < 4.78 is 9.12. The number of aliphatic imine (C=N–C) groups is 1. The van der Waals surface area contributed by atoms with E-state index < -0.39 is 5.72 Å². The lowest BCUT2D eigenvalue weighted by Crippen LogP contribution is -2.37. The second-order valence-electron chi connectivity index (χ2n) is 6.95. The Morgan fingerprint density at radius 1 is 1.30 bits per heavy atom. The van der Waals surface area contributed by atoms with Gasteiger partial charge in [0.05, 0.1) is 10.6 Å². The van der Waals surface area contributed by atoms with Gasteiger partial charge in [0.15, 0.2) is 17.1 Å². The summed E-state index contributed by atoms with van der Waals surface area (Å²) in [6, 6.07) is 5.72. The Labute approximate surface area is 171 Å². The van der Waals surface area contributed by atoms with Crippen LogP contribution >= 0.6 is 27.5 Å². The number of aromatic nitrogens is 3. The largest absolute Gasteiger partial charge is 0.464 e. The zero-order valence-electron chi connectivity index (χ0n) is 15.5. The number of hydrogen-bond donors (Lipinski definition) is 0. The number of pyridine rings is 1. The highest BCUT2D eigenvalue weighted by Gasteiger charge is 2.34. The molecule has 0 bridgehead atoms. The lowest BCUT2D eigenvalue weighted by Gasteiger charge is -2.33. The van der Waals surface area contributed by atoms with E-state index in [0.29, 0.717) is 10.8 Å². The fraction of sp³-hybridized carbons (Fsp3) is 0.350. The molecule has 0 N–H and O–H groups in total. The number of nitrogens with zero attached hydrogens (tertiary/aromatic N) is 4. The number of para-hydroxylation sites is 1. The minimum Gasteiger partial charge on any atom is -0.464 e. The third kappa shape index (κ3) is 3.15. The van der Waals surface area contributed by atoms with Crippen LogP contribution in [-0.2, 0) is 0 Å². The maximum Gasteiger partial charge on any atom is 0.199 e. The Balaban J connectivity index is 1.94. The first-order valence-corrected chi connectivity index (χ1v) is 10.2. The highest BCUT2D eigenvalue weighted by atomic mass is 79.9. The summed E-state index contributed by atoms with van der Waals surface area (Å²) in [4.78, 5) is 14.1. The van der Waals surface area contributed by atoms with Crippen LogP contribution in [-0.4, -0.2) is 26.1 Å². The Hall–Kier alpha value is -1.92. The summed E-state index contributed by atoms with van der Waals surface area (Å²) in [7, 11) is 0. The van der Waals surface area contributed by atoms with Crippen molar-refractivity contribution in [3.63, 3.8) is 0 Å². The third-order valence-electron chi connectivity index (χ3n) is 4.85. The zero-order valence-corrected chi connectivity index (χ0v) is 17.8. The number of benzene rings is 1. The molecular weight excluding hydrogens is 428 g/mol. The van der Waals surface area contributed by atoms with Gasteiger partial charge in [0.1, 0.15) is 17.7 Å². The number of fused-ring (bicyclic) bond motifs is 2. The quantitative estimate of drug-likeness (QED) is 0.514. The van der Waals surface area contributed by atoms with Gasteiger partial charge in [-0.2, -0.15) is 0 Å². The molecule has 1 aliphatic rings. The molecule has 27 heavy (non-hydrogen) atoms. The van der Waals surface area contributed by atoms with Gasteiger partial charge in [-0.3, -0.25) is 4.57 Å². The van der Waals surface area contributed by atoms with E-state index >= 15 is 0 Å². The topological polar surface area (TPSA) is 52.3 Å². The third-order valence-corrected chi connectivity index (χ3v) is 5.95. The Morgan fingerprint density at radius 2 is 2.11 bits per heavy atom. The summed E-state index contributed by atoms with van der Waals surface area (Å²) in [5.41, 5.74) is 2.83. The molecule has 0 aliphatic carbocycles. The van der Waals surface area contributed by atoms with Crippen LogP contribution < -0.4 is 4.74 Å². The molecular formula is C20H20BrClN4O. The number of hydrogen-bond acceptors (Lipinski definition) is 4. The van der Waals surface area contributed by atoms with E-state index in [0.717, 1.165) is 51.9 Å². The van der Waals surface area contributed by atoms with E-state index in [2.05, 4.69) is 32.8 Å². The van der Waals surface area contributed by atoms with Crippen LogP contribution in [0.1, 0.15) is 44.2 Å². The standard InChI is InChI=1S/C20H20BrClN4O/c1-4-5-9-20(3)25-18(13-7-6-8-15(22)17(13)27-20)26-11-24-16-12(2)14(21)10-23-19(16)26/h6-8,10-11H,4-5,9H2,1-3H3. The van der Waals surface area contributed by atoms with E-state index in [1.165, 1.54) is 0 Å². The molecule has 1 unspecified atom stereocenters. The molecule has 1 aromatic carbocycles. The van der Waals surface area contributed by atoms with Crippen molar-refractivity contribution in [1.29, 1.82) is 0 Å². The van der Waals surface area contributed by atoms with Crippen LogP contribution in [0.25, 0.3) is 11.2 Å². The average Bonchev–Trinajstić information content (AvgIpc) is 3.08. The van der Waals surface area contributed by atoms with E-state index in [1.807, 2.05) is 36.6 Å². The van der Waals surface area contributed by atoms with Crippen molar-refractivity contribution in [3.05, 3.63) is 51.3 Å². The first kappa shape index (κ1) is 18.4. The first-order chi connectivity index (χ1) is 12.9. The molecule has 7 heteroatoms. The van der Waals surface area contributed by atoms with Gasteiger partial charge in [0.2, 0.25) is 0 Å². The fourth-order valence-electron chi connectivity index (χ4n) is 3.32. The van der Waals surface area contributed by atoms with Crippen LogP contribution in [0, 0.1) is 6.92 Å². The van der Waals surface area contributed by atoms with Gasteiger partial charge in [0, 0.05) is 17.1 Å². The second-order valence-corrected chi connectivity index (χ2v) is 8.21. The van der Waals surface area contributed by atoms with Crippen LogP contribution in [0.3, 0.4) is 0 Å². The molecule has 3 aromatic rings. The summed E-state index contributed by atoms with van der Waals surface area (Å²) in [5.74, 6) is 1.42. The fourth-order valence-corrected chi connectivity index (χ4v) is 3.83. The SMILES string of the molecule is CCCCC1(C)N=C(n2cnc3c(C)c(Br)cnc32)c2cccc(Cl)c2O1. The average molecular weight is 448 g/mol.